The van der Waals surface area contributed by atoms with E-state index in [0.29, 0.717) is 24.2 Å². The highest BCUT2D eigenvalue weighted by Gasteiger charge is 2.52. The Morgan fingerprint density at radius 1 is 0.946 bits per heavy atom. The molecule has 0 spiro atoms. The van der Waals surface area contributed by atoms with Gasteiger partial charge in [-0.2, -0.15) is 4.98 Å². The molecule has 2 saturated carbocycles. The molecule has 4 aromatic rings. The molecule has 2 aromatic heterocycles. The topological polar surface area (TPSA) is 73.1 Å². The Bertz CT molecular complexity index is 1350. The maximum Gasteiger partial charge on any atom is 0.244 e. The smallest absolute Gasteiger partial charge is 0.244 e. The van der Waals surface area contributed by atoms with E-state index in [4.69, 9.17) is 14.2 Å². The van der Waals surface area contributed by atoms with Crippen molar-refractivity contribution in [1.29, 1.82) is 0 Å². The van der Waals surface area contributed by atoms with E-state index in [1.54, 1.807) is 6.20 Å². The SMILES string of the molecule is c1ccc(COc2ccc([C@@]3(c4ccc(-c5noc([C@@H]6CCCN6)n5)cc4)C[C@@H]4CC[C@H]3C4)cc2)nc1. The fourth-order valence-electron chi connectivity index (χ4n) is 7.00. The van der Waals surface area contributed by atoms with Gasteiger partial charge in [0, 0.05) is 17.2 Å². The van der Waals surface area contributed by atoms with E-state index in [2.05, 4.69) is 64.0 Å². The summed E-state index contributed by atoms with van der Waals surface area (Å²) in [7, 11) is 0. The average Bonchev–Trinajstić information content (AvgIpc) is 3.78. The second-order valence-electron chi connectivity index (χ2n) is 10.9. The normalized spacial score (nSPS) is 26.5. The van der Waals surface area contributed by atoms with Crippen LogP contribution in [-0.2, 0) is 12.0 Å². The summed E-state index contributed by atoms with van der Waals surface area (Å²) < 4.78 is 11.6. The molecule has 1 N–H and O–H groups in total. The van der Waals surface area contributed by atoms with E-state index in [-0.39, 0.29) is 11.5 Å². The van der Waals surface area contributed by atoms with Gasteiger partial charge < -0.3 is 14.6 Å². The Balaban J connectivity index is 1.14. The fourth-order valence-corrected chi connectivity index (χ4v) is 7.00. The molecule has 1 aliphatic heterocycles. The lowest BCUT2D eigenvalue weighted by atomic mass is 9.64. The first-order valence-corrected chi connectivity index (χ1v) is 13.6. The molecule has 6 nitrogen and oxygen atoms in total. The number of aromatic nitrogens is 3. The summed E-state index contributed by atoms with van der Waals surface area (Å²) >= 11 is 0. The van der Waals surface area contributed by atoms with Gasteiger partial charge in [-0.1, -0.05) is 54.0 Å². The van der Waals surface area contributed by atoms with Crippen molar-refractivity contribution >= 4 is 0 Å². The predicted octanol–water partition coefficient (Wildman–Crippen LogP) is 6.24. The molecule has 2 aromatic carbocycles. The number of rotatable bonds is 7. The molecular formula is C31H32N4O2. The molecule has 188 valence electrons. The first-order valence-electron chi connectivity index (χ1n) is 13.6. The predicted molar refractivity (Wildman–Crippen MR) is 141 cm³/mol. The van der Waals surface area contributed by atoms with Crippen LogP contribution in [0.25, 0.3) is 11.4 Å². The van der Waals surface area contributed by atoms with Crippen LogP contribution in [0.4, 0.5) is 0 Å². The van der Waals surface area contributed by atoms with Gasteiger partial charge >= 0.3 is 0 Å². The number of hydrogen-bond donors (Lipinski definition) is 1. The van der Waals surface area contributed by atoms with Crippen molar-refractivity contribution in [2.24, 2.45) is 11.8 Å². The van der Waals surface area contributed by atoms with Crippen molar-refractivity contribution in [2.75, 3.05) is 6.54 Å². The molecule has 2 bridgehead atoms. The first-order chi connectivity index (χ1) is 18.3. The lowest BCUT2D eigenvalue weighted by molar-refractivity contribution is 0.299. The number of hydrogen-bond acceptors (Lipinski definition) is 6. The van der Waals surface area contributed by atoms with Gasteiger partial charge in [-0.05, 0) is 85.9 Å². The molecular weight excluding hydrogens is 460 g/mol. The minimum absolute atomic E-state index is 0.0527. The lowest BCUT2D eigenvalue weighted by Crippen LogP contribution is -2.34. The zero-order chi connectivity index (χ0) is 24.7. The summed E-state index contributed by atoms with van der Waals surface area (Å²) in [6.07, 6.45) is 9.20. The largest absolute Gasteiger partial charge is 0.487 e. The second kappa shape index (κ2) is 9.42. The maximum absolute atomic E-state index is 6.02. The average molecular weight is 493 g/mol. The van der Waals surface area contributed by atoms with Crippen LogP contribution in [0.3, 0.4) is 0 Å². The Kier molecular flexibility index (Phi) is 5.77. The molecule has 1 saturated heterocycles. The monoisotopic (exact) mass is 492 g/mol. The standard InChI is InChI=1S/C31H32N4O2/c1-2-16-32-26(4-1)20-36-27-14-12-24(13-15-27)31(19-21-6-9-25(31)18-21)23-10-7-22(8-11-23)29-34-30(37-35-29)28-5-3-17-33-28/h1-2,4,7-8,10-16,21,25,28,33H,3,5-6,9,17-20H2/t21-,25+,28+,31+/m1/s1. The third-order valence-electron chi connectivity index (χ3n) is 8.79. The summed E-state index contributed by atoms with van der Waals surface area (Å²) in [6, 6.07) is 23.8. The highest BCUT2D eigenvalue weighted by molar-refractivity contribution is 5.57. The number of nitrogens with one attached hydrogen (secondary N) is 1. The van der Waals surface area contributed by atoms with Crippen molar-refractivity contribution in [3.63, 3.8) is 0 Å². The highest BCUT2D eigenvalue weighted by atomic mass is 16.5. The molecule has 3 fully saturated rings. The summed E-state index contributed by atoms with van der Waals surface area (Å²) in [6.45, 7) is 1.49. The summed E-state index contributed by atoms with van der Waals surface area (Å²) in [5, 5.41) is 7.71. The van der Waals surface area contributed by atoms with E-state index < -0.39 is 0 Å². The Labute approximate surface area is 217 Å². The molecule has 3 aliphatic rings. The Hall–Kier alpha value is -3.51. The molecule has 0 radical (unpaired) electrons. The van der Waals surface area contributed by atoms with Crippen molar-refractivity contribution in [1.82, 2.24) is 20.4 Å². The molecule has 2 aliphatic carbocycles. The molecule has 0 unspecified atom stereocenters. The van der Waals surface area contributed by atoms with E-state index in [1.165, 1.54) is 36.8 Å². The van der Waals surface area contributed by atoms with Crippen molar-refractivity contribution in [2.45, 2.75) is 56.6 Å². The van der Waals surface area contributed by atoms with Gasteiger partial charge in [-0.3, -0.25) is 4.98 Å². The first kappa shape index (κ1) is 22.7. The van der Waals surface area contributed by atoms with E-state index >= 15 is 0 Å². The van der Waals surface area contributed by atoms with Gasteiger partial charge in [0.2, 0.25) is 11.7 Å². The Morgan fingerprint density at radius 2 is 1.78 bits per heavy atom. The van der Waals surface area contributed by atoms with E-state index in [1.807, 2.05) is 18.2 Å². The third-order valence-corrected chi connectivity index (χ3v) is 8.79. The van der Waals surface area contributed by atoms with Crippen LogP contribution in [0.5, 0.6) is 5.75 Å². The van der Waals surface area contributed by atoms with E-state index in [9.17, 15) is 0 Å². The van der Waals surface area contributed by atoms with Gasteiger partial charge in [-0.25, -0.2) is 0 Å². The molecule has 7 rings (SSSR count). The summed E-state index contributed by atoms with van der Waals surface area (Å²) in [5.74, 6) is 3.74. The number of benzene rings is 2. The van der Waals surface area contributed by atoms with Crippen molar-refractivity contribution < 1.29 is 9.26 Å². The number of ether oxygens (including phenoxy) is 1. The number of nitrogens with zero attached hydrogens (tertiary/aromatic N) is 3. The van der Waals surface area contributed by atoms with Crippen molar-refractivity contribution in [3.05, 3.63) is 95.6 Å². The summed E-state index contributed by atoms with van der Waals surface area (Å²) in [4.78, 5) is 9.05. The summed E-state index contributed by atoms with van der Waals surface area (Å²) in [5.41, 5.74) is 4.79. The van der Waals surface area contributed by atoms with Gasteiger partial charge in [-0.15, -0.1) is 0 Å². The van der Waals surface area contributed by atoms with Gasteiger partial charge in [0.1, 0.15) is 12.4 Å². The fraction of sp³-hybridized carbons (Fsp3) is 0.387. The van der Waals surface area contributed by atoms with Gasteiger partial charge in [0.25, 0.3) is 0 Å². The zero-order valence-electron chi connectivity index (χ0n) is 21.0. The van der Waals surface area contributed by atoms with Crippen LogP contribution in [0, 0.1) is 11.8 Å². The van der Waals surface area contributed by atoms with Crippen molar-refractivity contribution in [3.8, 4) is 17.1 Å². The molecule has 4 atom stereocenters. The van der Waals surface area contributed by atoms with Gasteiger partial charge in [0.05, 0.1) is 11.7 Å². The second-order valence-corrected chi connectivity index (χ2v) is 10.9. The molecule has 0 amide bonds. The van der Waals surface area contributed by atoms with Crippen LogP contribution in [0.2, 0.25) is 0 Å². The van der Waals surface area contributed by atoms with Crippen LogP contribution in [0.15, 0.2) is 77.4 Å². The Morgan fingerprint density at radius 3 is 2.46 bits per heavy atom. The number of fused-ring (bicyclic) bond motifs is 2. The highest BCUT2D eigenvalue weighted by Crippen LogP contribution is 2.60. The van der Waals surface area contributed by atoms with Gasteiger partial charge in [0.15, 0.2) is 0 Å². The number of pyridine rings is 1. The van der Waals surface area contributed by atoms with Crippen LogP contribution in [-0.4, -0.2) is 21.7 Å². The third kappa shape index (κ3) is 4.13. The van der Waals surface area contributed by atoms with Crippen LogP contribution in [0.1, 0.15) is 67.3 Å². The zero-order valence-corrected chi connectivity index (χ0v) is 21.0. The molecule has 37 heavy (non-hydrogen) atoms. The molecule has 3 heterocycles. The minimum Gasteiger partial charge on any atom is -0.487 e. The lowest BCUT2D eigenvalue weighted by Gasteiger charge is -2.39. The molecule has 6 heteroatoms. The quantitative estimate of drug-likeness (QED) is 0.329. The minimum atomic E-state index is 0.0527. The van der Waals surface area contributed by atoms with Crippen LogP contribution >= 0.6 is 0 Å². The van der Waals surface area contributed by atoms with Crippen LogP contribution < -0.4 is 10.1 Å². The maximum atomic E-state index is 6.02. The van der Waals surface area contributed by atoms with E-state index in [0.717, 1.165) is 42.3 Å².